The van der Waals surface area contributed by atoms with Crippen molar-refractivity contribution in [1.82, 2.24) is 4.90 Å². The molecule has 4 nitrogen and oxygen atoms in total. The average molecular weight is 210 g/mol. The number of hydrogen-bond donors (Lipinski definition) is 1. The third kappa shape index (κ3) is 2.29. The summed E-state index contributed by atoms with van der Waals surface area (Å²) in [6.07, 6.45) is 0.742. The van der Waals surface area contributed by atoms with Crippen LogP contribution in [0.5, 0.6) is 0 Å². The van der Waals surface area contributed by atoms with Crippen LogP contribution in [0.15, 0.2) is 0 Å². The average Bonchev–Trinajstić information content (AvgIpc) is 2.10. The molecule has 1 aliphatic rings. The molecule has 84 valence electrons. The van der Waals surface area contributed by atoms with Crippen molar-refractivity contribution in [3.63, 3.8) is 0 Å². The number of carbonyl (C=O) groups excluding carboxylic acids is 1. The fourth-order valence-electron chi connectivity index (χ4n) is 2.29. The Balaban J connectivity index is 2.64. The Labute approximate surface area is 90.5 Å². The monoisotopic (exact) mass is 210 g/mol. The summed E-state index contributed by atoms with van der Waals surface area (Å²) in [5.74, 6) is 0.303. The van der Waals surface area contributed by atoms with Crippen LogP contribution < -0.4 is 0 Å². The first-order chi connectivity index (χ1) is 6.91. The Bertz CT molecular complexity index is 287. The van der Waals surface area contributed by atoms with Crippen LogP contribution in [0.1, 0.15) is 26.7 Å². The van der Waals surface area contributed by atoms with E-state index in [2.05, 4.69) is 6.07 Å². The maximum Gasteiger partial charge on any atom is 0.242 e. The summed E-state index contributed by atoms with van der Waals surface area (Å²) in [4.78, 5) is 13.4. The zero-order valence-corrected chi connectivity index (χ0v) is 9.53. The molecule has 1 saturated carbocycles. The van der Waals surface area contributed by atoms with E-state index in [-0.39, 0.29) is 12.5 Å². The van der Waals surface area contributed by atoms with Crippen LogP contribution in [0.25, 0.3) is 0 Å². The van der Waals surface area contributed by atoms with Gasteiger partial charge in [-0.05, 0) is 25.7 Å². The molecule has 0 aromatic rings. The molecular weight excluding hydrogens is 192 g/mol. The van der Waals surface area contributed by atoms with E-state index in [1.807, 2.05) is 6.92 Å². The molecule has 1 aliphatic carbocycles. The van der Waals surface area contributed by atoms with Crippen molar-refractivity contribution in [3.05, 3.63) is 0 Å². The molecule has 0 radical (unpaired) electrons. The van der Waals surface area contributed by atoms with Crippen LogP contribution in [0.2, 0.25) is 0 Å². The van der Waals surface area contributed by atoms with Crippen molar-refractivity contribution in [3.8, 4) is 6.07 Å². The van der Waals surface area contributed by atoms with E-state index in [1.165, 1.54) is 4.90 Å². The van der Waals surface area contributed by atoms with Gasteiger partial charge in [-0.15, -0.1) is 0 Å². The van der Waals surface area contributed by atoms with E-state index in [0.29, 0.717) is 18.8 Å². The van der Waals surface area contributed by atoms with E-state index < -0.39 is 11.5 Å². The summed E-state index contributed by atoms with van der Waals surface area (Å²) in [6.45, 7) is 3.96. The van der Waals surface area contributed by atoms with Crippen LogP contribution in [0, 0.1) is 22.7 Å². The zero-order chi connectivity index (χ0) is 11.6. The van der Waals surface area contributed by atoms with Gasteiger partial charge >= 0.3 is 0 Å². The van der Waals surface area contributed by atoms with Gasteiger partial charge in [0.25, 0.3) is 0 Å². The van der Waals surface area contributed by atoms with E-state index >= 15 is 0 Å². The molecule has 1 rings (SSSR count). The summed E-state index contributed by atoms with van der Waals surface area (Å²) in [7, 11) is 1.64. The lowest BCUT2D eigenvalue weighted by Crippen LogP contribution is -2.50. The zero-order valence-electron chi connectivity index (χ0n) is 9.53. The Kier molecular flexibility index (Phi) is 3.35. The molecule has 0 aromatic carbocycles. The molecule has 1 atom stereocenters. The van der Waals surface area contributed by atoms with Crippen molar-refractivity contribution in [1.29, 1.82) is 5.26 Å². The summed E-state index contributed by atoms with van der Waals surface area (Å²) in [6, 6.07) is 2.13. The Morgan fingerprint density at radius 2 is 2.27 bits per heavy atom. The Morgan fingerprint density at radius 1 is 1.73 bits per heavy atom. The fraction of sp³-hybridized carbons (Fsp3) is 0.818. The van der Waals surface area contributed by atoms with Gasteiger partial charge in [0.2, 0.25) is 5.91 Å². The number of aliphatic hydroxyl groups excluding tert-OH is 1. The van der Waals surface area contributed by atoms with Crippen molar-refractivity contribution in [2.75, 3.05) is 13.6 Å². The SMILES string of the molecule is CC(O)CN(C)C(=O)C1(C#N)CC(C)C1. The molecule has 4 heteroatoms. The number of likely N-dealkylation sites (N-methyl/N-ethyl adjacent to an activating group) is 1. The molecule has 0 spiro atoms. The predicted octanol–water partition coefficient (Wildman–Crippen LogP) is 0.765. The number of hydrogen-bond acceptors (Lipinski definition) is 3. The molecule has 1 unspecified atom stereocenters. The summed E-state index contributed by atoms with van der Waals surface area (Å²) >= 11 is 0. The van der Waals surface area contributed by atoms with Gasteiger partial charge in [0, 0.05) is 13.6 Å². The molecule has 15 heavy (non-hydrogen) atoms. The van der Waals surface area contributed by atoms with E-state index in [1.54, 1.807) is 14.0 Å². The molecule has 1 N–H and O–H groups in total. The van der Waals surface area contributed by atoms with Crippen molar-refractivity contribution >= 4 is 5.91 Å². The predicted molar refractivity (Wildman–Crippen MR) is 55.8 cm³/mol. The lowest BCUT2D eigenvalue weighted by Gasteiger charge is -2.41. The molecule has 1 amide bonds. The molecule has 0 heterocycles. The van der Waals surface area contributed by atoms with Crippen LogP contribution in [-0.4, -0.2) is 35.6 Å². The lowest BCUT2D eigenvalue weighted by molar-refractivity contribution is -0.145. The summed E-state index contributed by atoms with van der Waals surface area (Å²) < 4.78 is 0. The fourth-order valence-corrected chi connectivity index (χ4v) is 2.29. The molecular formula is C11H18N2O2. The van der Waals surface area contributed by atoms with Gasteiger partial charge in [0.15, 0.2) is 0 Å². The van der Waals surface area contributed by atoms with Crippen molar-refractivity contribution in [2.45, 2.75) is 32.8 Å². The second kappa shape index (κ2) is 4.19. The first-order valence-corrected chi connectivity index (χ1v) is 5.26. The normalized spacial score (nSPS) is 31.3. The van der Waals surface area contributed by atoms with Gasteiger partial charge in [0.05, 0.1) is 12.2 Å². The largest absolute Gasteiger partial charge is 0.392 e. The van der Waals surface area contributed by atoms with E-state index in [9.17, 15) is 9.90 Å². The maximum atomic E-state index is 12.0. The maximum absolute atomic E-state index is 12.0. The van der Waals surface area contributed by atoms with Gasteiger partial charge in [0.1, 0.15) is 5.41 Å². The minimum Gasteiger partial charge on any atom is -0.392 e. The van der Waals surface area contributed by atoms with E-state index in [0.717, 1.165) is 0 Å². The number of rotatable bonds is 3. The minimum absolute atomic E-state index is 0.149. The van der Waals surface area contributed by atoms with Crippen LogP contribution in [-0.2, 0) is 4.79 Å². The molecule has 0 saturated heterocycles. The van der Waals surface area contributed by atoms with Gasteiger partial charge < -0.3 is 10.0 Å². The highest BCUT2D eigenvalue weighted by Gasteiger charge is 2.50. The van der Waals surface area contributed by atoms with Crippen LogP contribution >= 0.6 is 0 Å². The quantitative estimate of drug-likeness (QED) is 0.748. The standard InChI is InChI=1S/C11H18N2O2/c1-8-4-11(5-8,7-12)10(15)13(3)6-9(2)14/h8-9,14H,4-6H2,1-3H3. The third-order valence-corrected chi connectivity index (χ3v) is 2.90. The number of amides is 1. The number of nitriles is 1. The first-order valence-electron chi connectivity index (χ1n) is 5.26. The van der Waals surface area contributed by atoms with Crippen molar-refractivity contribution < 1.29 is 9.90 Å². The smallest absolute Gasteiger partial charge is 0.242 e. The summed E-state index contributed by atoms with van der Waals surface area (Å²) in [5, 5.41) is 18.2. The van der Waals surface area contributed by atoms with Crippen LogP contribution in [0.3, 0.4) is 0 Å². The number of aliphatic hydroxyl groups is 1. The highest BCUT2D eigenvalue weighted by Crippen LogP contribution is 2.46. The topological polar surface area (TPSA) is 64.3 Å². The third-order valence-electron chi connectivity index (χ3n) is 2.90. The Morgan fingerprint density at radius 3 is 2.60 bits per heavy atom. The number of nitrogens with zero attached hydrogens (tertiary/aromatic N) is 2. The van der Waals surface area contributed by atoms with Gasteiger partial charge in [-0.25, -0.2) is 0 Å². The highest BCUT2D eigenvalue weighted by molar-refractivity contribution is 5.86. The minimum atomic E-state index is -0.816. The van der Waals surface area contributed by atoms with Gasteiger partial charge in [-0.3, -0.25) is 4.79 Å². The highest BCUT2D eigenvalue weighted by atomic mass is 16.3. The first kappa shape index (κ1) is 12.0. The second-order valence-electron chi connectivity index (χ2n) is 4.74. The van der Waals surface area contributed by atoms with Crippen LogP contribution in [0.4, 0.5) is 0 Å². The van der Waals surface area contributed by atoms with Gasteiger partial charge in [-0.2, -0.15) is 5.26 Å². The Hall–Kier alpha value is -1.08. The summed E-state index contributed by atoms with van der Waals surface area (Å²) in [5.41, 5.74) is -0.816. The molecule has 1 fully saturated rings. The second-order valence-corrected chi connectivity index (χ2v) is 4.74. The van der Waals surface area contributed by atoms with Crippen molar-refractivity contribution in [2.24, 2.45) is 11.3 Å². The lowest BCUT2D eigenvalue weighted by atomic mass is 9.63. The number of carbonyl (C=O) groups is 1. The molecule has 0 aliphatic heterocycles. The van der Waals surface area contributed by atoms with E-state index in [4.69, 9.17) is 5.26 Å². The molecule has 0 aromatic heterocycles. The van der Waals surface area contributed by atoms with Gasteiger partial charge in [-0.1, -0.05) is 6.92 Å². The molecule has 0 bridgehead atoms.